The summed E-state index contributed by atoms with van der Waals surface area (Å²) in [6.45, 7) is 6.34. The van der Waals surface area contributed by atoms with E-state index < -0.39 is 0 Å². The molecule has 0 aromatic carbocycles. The van der Waals surface area contributed by atoms with Crippen LogP contribution in [0.25, 0.3) is 0 Å². The van der Waals surface area contributed by atoms with Crippen molar-refractivity contribution in [2.75, 3.05) is 40.0 Å². The molecule has 3 heteroatoms. The summed E-state index contributed by atoms with van der Waals surface area (Å²) in [4.78, 5) is 2.39. The molecule has 1 heterocycles. The van der Waals surface area contributed by atoms with Gasteiger partial charge in [-0.15, -0.1) is 0 Å². The minimum absolute atomic E-state index is 0.00509. The van der Waals surface area contributed by atoms with E-state index in [2.05, 4.69) is 18.9 Å². The first kappa shape index (κ1) is 12.3. The van der Waals surface area contributed by atoms with Crippen molar-refractivity contribution < 1.29 is 9.84 Å². The maximum Gasteiger partial charge on any atom is 0.0556 e. The smallest absolute Gasteiger partial charge is 0.0556 e. The van der Waals surface area contributed by atoms with Crippen molar-refractivity contribution in [2.24, 2.45) is 17.3 Å². The molecule has 0 aromatic rings. The lowest BCUT2D eigenvalue weighted by Crippen LogP contribution is -2.45. The summed E-state index contributed by atoms with van der Waals surface area (Å²) in [5.74, 6) is 1.81. The van der Waals surface area contributed by atoms with Gasteiger partial charge < -0.3 is 14.7 Å². The van der Waals surface area contributed by atoms with E-state index in [0.29, 0.717) is 0 Å². The molecule has 0 radical (unpaired) electrons. The summed E-state index contributed by atoms with van der Waals surface area (Å²) in [6, 6.07) is 0. The molecule has 0 spiro atoms. The molecular weight excluding hydrogens is 202 g/mol. The van der Waals surface area contributed by atoms with Gasteiger partial charge in [0.15, 0.2) is 0 Å². The summed E-state index contributed by atoms with van der Waals surface area (Å²) in [7, 11) is 2.18. The van der Waals surface area contributed by atoms with Crippen LogP contribution < -0.4 is 0 Å². The minimum atomic E-state index is 0.00509. The van der Waals surface area contributed by atoms with Crippen molar-refractivity contribution in [1.29, 1.82) is 0 Å². The van der Waals surface area contributed by atoms with E-state index in [1.54, 1.807) is 0 Å². The lowest BCUT2D eigenvalue weighted by atomic mass is 9.83. The van der Waals surface area contributed by atoms with E-state index in [9.17, 15) is 5.11 Å². The van der Waals surface area contributed by atoms with Gasteiger partial charge in [0.2, 0.25) is 0 Å². The van der Waals surface area contributed by atoms with Gasteiger partial charge in [0, 0.05) is 25.1 Å². The normalized spacial score (nSPS) is 39.0. The average molecular weight is 227 g/mol. The first-order chi connectivity index (χ1) is 7.65. The van der Waals surface area contributed by atoms with Gasteiger partial charge >= 0.3 is 0 Å². The Morgan fingerprint density at radius 1 is 1.50 bits per heavy atom. The molecule has 3 unspecified atom stereocenters. The zero-order chi connectivity index (χ0) is 11.6. The first-order valence-electron chi connectivity index (χ1n) is 6.52. The highest BCUT2D eigenvalue weighted by atomic mass is 16.5. The Bertz CT molecular complexity index is 226. The van der Waals surface area contributed by atoms with Crippen LogP contribution in [0.3, 0.4) is 0 Å². The summed E-state index contributed by atoms with van der Waals surface area (Å²) < 4.78 is 5.53. The van der Waals surface area contributed by atoms with Gasteiger partial charge in [-0.1, -0.05) is 6.92 Å². The zero-order valence-corrected chi connectivity index (χ0v) is 10.6. The summed E-state index contributed by atoms with van der Waals surface area (Å²) >= 11 is 0. The molecule has 0 amide bonds. The second-order valence-corrected chi connectivity index (χ2v) is 5.98. The van der Waals surface area contributed by atoms with E-state index in [1.165, 1.54) is 13.0 Å². The maximum absolute atomic E-state index is 9.59. The predicted octanol–water partition coefficient (Wildman–Crippen LogP) is 1.36. The van der Waals surface area contributed by atoms with Crippen LogP contribution in [-0.2, 0) is 4.74 Å². The van der Waals surface area contributed by atoms with Crippen molar-refractivity contribution >= 4 is 0 Å². The molecule has 0 bridgehead atoms. The van der Waals surface area contributed by atoms with Crippen LogP contribution in [0, 0.1) is 17.3 Å². The fraction of sp³-hybridized carbons (Fsp3) is 1.00. The van der Waals surface area contributed by atoms with Crippen molar-refractivity contribution in [3.8, 4) is 0 Å². The molecule has 1 aliphatic carbocycles. The molecule has 1 N–H and O–H groups in total. The monoisotopic (exact) mass is 227 g/mol. The molecule has 2 rings (SSSR count). The summed E-state index contributed by atoms with van der Waals surface area (Å²) in [6.07, 6.45) is 3.58. The molecular formula is C13H25NO2. The molecule has 2 fully saturated rings. The second kappa shape index (κ2) is 5.03. The van der Waals surface area contributed by atoms with E-state index in [1.807, 2.05) is 0 Å². The van der Waals surface area contributed by atoms with Gasteiger partial charge in [-0.3, -0.25) is 0 Å². The molecule has 2 aliphatic rings. The Balaban J connectivity index is 1.80. The molecule has 1 aliphatic heterocycles. The summed E-state index contributed by atoms with van der Waals surface area (Å²) in [5.41, 5.74) is 0.00509. The highest BCUT2D eigenvalue weighted by molar-refractivity contribution is 4.88. The standard InChI is InChI=1S/C13H25NO2/c1-11-6-12(11)7-14(2)8-13(9-15)4-3-5-16-10-13/h11-12,15H,3-10H2,1-2H3. The number of aliphatic hydroxyl groups is 1. The third-order valence-corrected chi connectivity index (χ3v) is 4.17. The van der Waals surface area contributed by atoms with E-state index in [4.69, 9.17) is 4.74 Å². The molecule has 1 saturated carbocycles. The van der Waals surface area contributed by atoms with Gasteiger partial charge in [-0.25, -0.2) is 0 Å². The number of hydrogen-bond donors (Lipinski definition) is 1. The van der Waals surface area contributed by atoms with Crippen molar-refractivity contribution in [3.05, 3.63) is 0 Å². The predicted molar refractivity (Wildman–Crippen MR) is 64.3 cm³/mol. The Morgan fingerprint density at radius 3 is 2.75 bits per heavy atom. The molecule has 94 valence electrons. The van der Waals surface area contributed by atoms with Gasteiger partial charge in [-0.2, -0.15) is 0 Å². The van der Waals surface area contributed by atoms with Crippen LogP contribution >= 0.6 is 0 Å². The maximum atomic E-state index is 9.59. The number of aliphatic hydroxyl groups excluding tert-OH is 1. The van der Waals surface area contributed by atoms with Gasteiger partial charge in [-0.05, 0) is 38.1 Å². The summed E-state index contributed by atoms with van der Waals surface area (Å²) in [5, 5.41) is 9.59. The van der Waals surface area contributed by atoms with Crippen LogP contribution in [0.4, 0.5) is 0 Å². The Morgan fingerprint density at radius 2 is 2.25 bits per heavy atom. The van der Waals surface area contributed by atoms with E-state index in [0.717, 1.165) is 44.4 Å². The van der Waals surface area contributed by atoms with Crippen LogP contribution in [0.2, 0.25) is 0 Å². The topological polar surface area (TPSA) is 32.7 Å². The van der Waals surface area contributed by atoms with Gasteiger partial charge in [0.1, 0.15) is 0 Å². The van der Waals surface area contributed by atoms with Crippen molar-refractivity contribution in [3.63, 3.8) is 0 Å². The van der Waals surface area contributed by atoms with Crippen LogP contribution in [0.15, 0.2) is 0 Å². The van der Waals surface area contributed by atoms with Crippen molar-refractivity contribution in [2.45, 2.75) is 26.2 Å². The Labute approximate surface area is 98.8 Å². The third-order valence-electron chi connectivity index (χ3n) is 4.17. The first-order valence-corrected chi connectivity index (χ1v) is 6.52. The zero-order valence-electron chi connectivity index (χ0n) is 10.6. The quantitative estimate of drug-likeness (QED) is 0.770. The fourth-order valence-corrected chi connectivity index (χ4v) is 2.90. The highest BCUT2D eigenvalue weighted by Crippen LogP contribution is 2.38. The van der Waals surface area contributed by atoms with Crippen molar-refractivity contribution in [1.82, 2.24) is 4.90 Å². The average Bonchev–Trinajstić information content (AvgIpc) is 2.95. The third kappa shape index (κ3) is 2.96. The molecule has 16 heavy (non-hydrogen) atoms. The Hall–Kier alpha value is -0.120. The molecule has 0 aromatic heterocycles. The molecule has 1 saturated heterocycles. The van der Waals surface area contributed by atoms with E-state index >= 15 is 0 Å². The largest absolute Gasteiger partial charge is 0.396 e. The second-order valence-electron chi connectivity index (χ2n) is 5.98. The minimum Gasteiger partial charge on any atom is -0.396 e. The number of ether oxygens (including phenoxy) is 1. The Kier molecular flexibility index (Phi) is 3.88. The van der Waals surface area contributed by atoms with Gasteiger partial charge in [0.25, 0.3) is 0 Å². The number of rotatable bonds is 5. The lowest BCUT2D eigenvalue weighted by Gasteiger charge is -2.38. The number of nitrogens with zero attached hydrogens (tertiary/aromatic N) is 1. The molecule has 3 nitrogen and oxygen atoms in total. The molecule has 3 atom stereocenters. The van der Waals surface area contributed by atoms with E-state index in [-0.39, 0.29) is 12.0 Å². The highest BCUT2D eigenvalue weighted by Gasteiger charge is 2.37. The lowest BCUT2D eigenvalue weighted by molar-refractivity contribution is -0.0527. The van der Waals surface area contributed by atoms with Crippen LogP contribution in [0.5, 0.6) is 0 Å². The van der Waals surface area contributed by atoms with Gasteiger partial charge in [0.05, 0.1) is 13.2 Å². The van der Waals surface area contributed by atoms with Crippen LogP contribution in [0.1, 0.15) is 26.2 Å². The fourth-order valence-electron chi connectivity index (χ4n) is 2.90. The van der Waals surface area contributed by atoms with Crippen LogP contribution in [-0.4, -0.2) is 50.0 Å². The number of hydrogen-bond acceptors (Lipinski definition) is 3. The SMILES string of the molecule is CC1CC1CN(C)CC1(CO)CCCOC1.